The highest BCUT2D eigenvalue weighted by Crippen LogP contribution is 2.18. The number of methoxy groups -OCH3 is 1. The lowest BCUT2D eigenvalue weighted by atomic mass is 10.2. The van der Waals surface area contributed by atoms with Crippen molar-refractivity contribution in [2.75, 3.05) is 7.11 Å². The number of ether oxygens (including phenoxy) is 1. The van der Waals surface area contributed by atoms with Gasteiger partial charge in [0.25, 0.3) is 5.91 Å². The molecule has 25 heavy (non-hydrogen) atoms. The van der Waals surface area contributed by atoms with E-state index in [1.807, 2.05) is 43.3 Å². The molecule has 0 saturated heterocycles. The minimum atomic E-state index is -0.160. The quantitative estimate of drug-likeness (QED) is 0.758. The summed E-state index contributed by atoms with van der Waals surface area (Å²) in [5.41, 5.74) is 3.18. The van der Waals surface area contributed by atoms with Crippen molar-refractivity contribution < 1.29 is 9.53 Å². The Balaban J connectivity index is 1.73. The minimum absolute atomic E-state index is 0.160. The summed E-state index contributed by atoms with van der Waals surface area (Å²) in [6, 6.07) is 14.9. The normalized spacial score (nSPS) is 10.5. The molecule has 1 aromatic heterocycles. The zero-order valence-electron chi connectivity index (χ0n) is 14.0. The molecule has 0 radical (unpaired) electrons. The molecule has 0 aliphatic rings. The Morgan fingerprint density at radius 2 is 1.84 bits per heavy atom. The summed E-state index contributed by atoms with van der Waals surface area (Å²) in [4.78, 5) is 12.4. The number of carbonyl (C=O) groups is 1. The van der Waals surface area contributed by atoms with E-state index < -0.39 is 0 Å². The molecule has 0 aliphatic heterocycles. The van der Waals surface area contributed by atoms with Crippen LogP contribution in [0.4, 0.5) is 0 Å². The lowest BCUT2D eigenvalue weighted by Crippen LogP contribution is -2.23. The van der Waals surface area contributed by atoms with E-state index in [4.69, 9.17) is 16.3 Å². The number of halogens is 1. The van der Waals surface area contributed by atoms with Crippen molar-refractivity contribution in [1.29, 1.82) is 0 Å². The van der Waals surface area contributed by atoms with Gasteiger partial charge in [0.1, 0.15) is 5.75 Å². The Kier molecular flexibility index (Phi) is 5.05. The molecule has 0 spiro atoms. The standard InChI is InChI=1S/C19H18ClN3O2/c1-13-18(19(24)21-11-14-3-5-15(20)6-4-14)12-22-23(13)16-7-9-17(25-2)10-8-16/h3-10,12H,11H2,1-2H3,(H,21,24). The highest BCUT2D eigenvalue weighted by atomic mass is 35.5. The van der Waals surface area contributed by atoms with E-state index in [9.17, 15) is 4.79 Å². The molecule has 0 aliphatic carbocycles. The van der Waals surface area contributed by atoms with Crippen LogP contribution in [0.25, 0.3) is 5.69 Å². The number of hydrogen-bond acceptors (Lipinski definition) is 3. The van der Waals surface area contributed by atoms with Crippen molar-refractivity contribution in [3.63, 3.8) is 0 Å². The maximum Gasteiger partial charge on any atom is 0.255 e. The number of carbonyl (C=O) groups excluding carboxylic acids is 1. The number of nitrogens with one attached hydrogen (secondary N) is 1. The second-order valence-electron chi connectivity index (χ2n) is 5.56. The van der Waals surface area contributed by atoms with Crippen LogP contribution in [-0.2, 0) is 6.54 Å². The maximum absolute atomic E-state index is 12.4. The molecule has 3 rings (SSSR count). The van der Waals surface area contributed by atoms with Crippen LogP contribution in [0.1, 0.15) is 21.6 Å². The number of amides is 1. The SMILES string of the molecule is COc1ccc(-n2ncc(C(=O)NCc3ccc(Cl)cc3)c2C)cc1. The third kappa shape index (κ3) is 3.83. The lowest BCUT2D eigenvalue weighted by Gasteiger charge is -2.08. The van der Waals surface area contributed by atoms with Crippen LogP contribution in [0.15, 0.2) is 54.7 Å². The van der Waals surface area contributed by atoms with Gasteiger partial charge in [-0.2, -0.15) is 5.10 Å². The third-order valence-electron chi connectivity index (χ3n) is 3.94. The third-order valence-corrected chi connectivity index (χ3v) is 4.19. The number of hydrogen-bond donors (Lipinski definition) is 1. The summed E-state index contributed by atoms with van der Waals surface area (Å²) in [6.45, 7) is 2.30. The number of rotatable bonds is 5. The Hall–Kier alpha value is -2.79. The van der Waals surface area contributed by atoms with E-state index in [0.717, 1.165) is 22.7 Å². The van der Waals surface area contributed by atoms with Gasteiger partial charge in [-0.15, -0.1) is 0 Å². The first kappa shape index (κ1) is 17.0. The van der Waals surface area contributed by atoms with Crippen LogP contribution < -0.4 is 10.1 Å². The molecular formula is C19H18ClN3O2. The minimum Gasteiger partial charge on any atom is -0.497 e. The van der Waals surface area contributed by atoms with Crippen molar-refractivity contribution in [3.05, 3.63) is 76.6 Å². The molecule has 3 aromatic rings. The second kappa shape index (κ2) is 7.40. The van der Waals surface area contributed by atoms with Crippen LogP contribution in [0.5, 0.6) is 5.75 Å². The topological polar surface area (TPSA) is 56.2 Å². The van der Waals surface area contributed by atoms with Crippen LogP contribution >= 0.6 is 11.6 Å². The van der Waals surface area contributed by atoms with Crippen LogP contribution in [0.2, 0.25) is 5.02 Å². The predicted molar refractivity (Wildman–Crippen MR) is 97.5 cm³/mol. The van der Waals surface area contributed by atoms with Gasteiger partial charge < -0.3 is 10.1 Å². The number of benzene rings is 2. The first-order valence-electron chi connectivity index (χ1n) is 7.80. The zero-order valence-corrected chi connectivity index (χ0v) is 14.7. The lowest BCUT2D eigenvalue weighted by molar-refractivity contribution is 0.0950. The van der Waals surface area contributed by atoms with Crippen LogP contribution in [0.3, 0.4) is 0 Å². The van der Waals surface area contributed by atoms with Gasteiger partial charge in [0.05, 0.1) is 30.3 Å². The largest absolute Gasteiger partial charge is 0.497 e. The summed E-state index contributed by atoms with van der Waals surface area (Å²) < 4.78 is 6.89. The summed E-state index contributed by atoms with van der Waals surface area (Å²) in [5.74, 6) is 0.613. The summed E-state index contributed by atoms with van der Waals surface area (Å²) in [5, 5.41) is 7.90. The molecule has 0 atom stereocenters. The van der Waals surface area contributed by atoms with E-state index in [1.165, 1.54) is 0 Å². The Morgan fingerprint density at radius 1 is 1.16 bits per heavy atom. The van der Waals surface area contributed by atoms with E-state index in [0.29, 0.717) is 17.1 Å². The zero-order chi connectivity index (χ0) is 17.8. The van der Waals surface area contributed by atoms with E-state index in [1.54, 1.807) is 30.1 Å². The molecule has 0 unspecified atom stereocenters. The van der Waals surface area contributed by atoms with Gasteiger partial charge in [-0.1, -0.05) is 23.7 Å². The van der Waals surface area contributed by atoms with Gasteiger partial charge in [0.2, 0.25) is 0 Å². The summed E-state index contributed by atoms with van der Waals surface area (Å²) >= 11 is 5.86. The Morgan fingerprint density at radius 3 is 2.48 bits per heavy atom. The van der Waals surface area contributed by atoms with Gasteiger partial charge in [-0.3, -0.25) is 4.79 Å². The Bertz CT molecular complexity index is 871. The first-order chi connectivity index (χ1) is 12.1. The average Bonchev–Trinajstić information content (AvgIpc) is 3.02. The molecule has 1 amide bonds. The van der Waals surface area contributed by atoms with Gasteiger partial charge in [0, 0.05) is 11.6 Å². The molecular weight excluding hydrogens is 338 g/mol. The van der Waals surface area contributed by atoms with Gasteiger partial charge in [0.15, 0.2) is 0 Å². The molecule has 6 heteroatoms. The molecule has 128 valence electrons. The first-order valence-corrected chi connectivity index (χ1v) is 8.18. The van der Waals surface area contributed by atoms with Gasteiger partial charge >= 0.3 is 0 Å². The average molecular weight is 356 g/mol. The number of nitrogens with zero attached hydrogens (tertiary/aromatic N) is 2. The smallest absolute Gasteiger partial charge is 0.255 e. The highest BCUT2D eigenvalue weighted by molar-refractivity contribution is 6.30. The highest BCUT2D eigenvalue weighted by Gasteiger charge is 2.15. The van der Waals surface area contributed by atoms with E-state index in [-0.39, 0.29) is 5.91 Å². The fourth-order valence-corrected chi connectivity index (χ4v) is 2.62. The molecule has 1 heterocycles. The molecule has 2 aromatic carbocycles. The van der Waals surface area contributed by atoms with Crippen molar-refractivity contribution in [3.8, 4) is 11.4 Å². The van der Waals surface area contributed by atoms with Crippen molar-refractivity contribution >= 4 is 17.5 Å². The monoisotopic (exact) mass is 355 g/mol. The van der Waals surface area contributed by atoms with E-state index in [2.05, 4.69) is 10.4 Å². The second-order valence-corrected chi connectivity index (χ2v) is 6.00. The van der Waals surface area contributed by atoms with Crippen LogP contribution in [0, 0.1) is 6.92 Å². The van der Waals surface area contributed by atoms with Crippen molar-refractivity contribution in [2.24, 2.45) is 0 Å². The molecule has 0 saturated carbocycles. The summed E-state index contributed by atoms with van der Waals surface area (Å²) in [7, 11) is 1.62. The fraction of sp³-hybridized carbons (Fsp3) is 0.158. The fourth-order valence-electron chi connectivity index (χ4n) is 2.50. The molecule has 1 N–H and O–H groups in total. The van der Waals surface area contributed by atoms with Crippen molar-refractivity contribution in [1.82, 2.24) is 15.1 Å². The van der Waals surface area contributed by atoms with Crippen LogP contribution in [-0.4, -0.2) is 22.8 Å². The van der Waals surface area contributed by atoms with E-state index >= 15 is 0 Å². The van der Waals surface area contributed by atoms with Gasteiger partial charge in [-0.05, 0) is 48.9 Å². The van der Waals surface area contributed by atoms with Gasteiger partial charge in [-0.25, -0.2) is 4.68 Å². The predicted octanol–water partition coefficient (Wildman–Crippen LogP) is 3.77. The van der Waals surface area contributed by atoms with Crippen molar-refractivity contribution in [2.45, 2.75) is 13.5 Å². The molecule has 0 bridgehead atoms. The Labute approximate surface area is 151 Å². The number of aromatic nitrogens is 2. The summed E-state index contributed by atoms with van der Waals surface area (Å²) in [6.07, 6.45) is 1.58. The maximum atomic E-state index is 12.4. The molecule has 0 fully saturated rings. The molecule has 5 nitrogen and oxygen atoms in total.